The van der Waals surface area contributed by atoms with Gasteiger partial charge in [0.1, 0.15) is 11.4 Å². The smallest absolute Gasteiger partial charge is 0.328 e. The van der Waals surface area contributed by atoms with Crippen molar-refractivity contribution >= 4 is 40.3 Å². The van der Waals surface area contributed by atoms with Crippen LogP contribution in [0, 0.1) is 6.92 Å². The van der Waals surface area contributed by atoms with E-state index in [-0.39, 0.29) is 11.8 Å². The zero-order chi connectivity index (χ0) is 31.1. The number of aryl methyl sites for hydroxylation is 1. The molecule has 43 heavy (non-hydrogen) atoms. The van der Waals surface area contributed by atoms with Crippen LogP contribution in [0.5, 0.6) is 5.75 Å². The molecular formula is C32H36N4O7. The summed E-state index contributed by atoms with van der Waals surface area (Å²) in [6, 6.07) is 15.6. The van der Waals surface area contributed by atoms with Gasteiger partial charge < -0.3 is 25.2 Å². The highest BCUT2D eigenvalue weighted by atomic mass is 16.5. The molecule has 3 aromatic rings. The topological polar surface area (TPSA) is 149 Å². The summed E-state index contributed by atoms with van der Waals surface area (Å²) in [6.45, 7) is 10.4. The van der Waals surface area contributed by atoms with Crippen LogP contribution in [0.1, 0.15) is 41.9 Å². The Morgan fingerprint density at radius 3 is 2.33 bits per heavy atom. The van der Waals surface area contributed by atoms with E-state index in [0.717, 1.165) is 59.5 Å². The van der Waals surface area contributed by atoms with Gasteiger partial charge in [-0.1, -0.05) is 30.3 Å². The zero-order valence-electron chi connectivity index (χ0n) is 24.5. The summed E-state index contributed by atoms with van der Waals surface area (Å²) in [7, 11) is 0. The zero-order valence-corrected chi connectivity index (χ0v) is 24.5. The number of aromatic nitrogens is 1. The molecule has 0 radical (unpaired) electrons. The highest BCUT2D eigenvalue weighted by Gasteiger charge is 2.41. The molecule has 2 amide bonds. The number of nitrogens with one attached hydrogen (secondary N) is 1. The van der Waals surface area contributed by atoms with E-state index in [1.54, 1.807) is 0 Å². The van der Waals surface area contributed by atoms with Gasteiger partial charge in [0.2, 0.25) is 5.91 Å². The lowest BCUT2D eigenvalue weighted by molar-refractivity contribution is -0.134. The number of benzene rings is 2. The molecule has 1 aromatic heterocycles. The third-order valence-electron chi connectivity index (χ3n) is 7.53. The Kier molecular flexibility index (Phi) is 9.77. The van der Waals surface area contributed by atoms with Crippen LogP contribution in [-0.4, -0.2) is 88.1 Å². The second-order valence-corrected chi connectivity index (χ2v) is 10.9. The number of amides is 2. The van der Waals surface area contributed by atoms with E-state index in [1.807, 2.05) is 74.2 Å². The number of carbonyl (C=O) groups excluding carboxylic acids is 2. The Balaban J connectivity index is 0.000000467. The molecule has 0 saturated carbocycles. The van der Waals surface area contributed by atoms with Gasteiger partial charge in [-0.2, -0.15) is 0 Å². The first-order valence-electron chi connectivity index (χ1n) is 14.1. The number of fused-ring (bicyclic) bond motifs is 2. The fourth-order valence-electron chi connectivity index (χ4n) is 5.11. The summed E-state index contributed by atoms with van der Waals surface area (Å²) < 4.78 is 6.14. The second kappa shape index (κ2) is 13.5. The third-order valence-corrected chi connectivity index (χ3v) is 7.53. The Morgan fingerprint density at radius 2 is 1.65 bits per heavy atom. The lowest BCUT2D eigenvalue weighted by Crippen LogP contribution is -2.49. The van der Waals surface area contributed by atoms with Crippen LogP contribution < -0.4 is 10.1 Å². The highest BCUT2D eigenvalue weighted by Crippen LogP contribution is 2.45. The average molecular weight is 589 g/mol. The Hall–Kier alpha value is -4.77. The fourth-order valence-corrected chi connectivity index (χ4v) is 5.11. The van der Waals surface area contributed by atoms with Crippen LogP contribution in [0.4, 0.5) is 5.69 Å². The molecule has 5 rings (SSSR count). The summed E-state index contributed by atoms with van der Waals surface area (Å²) >= 11 is 0. The molecule has 1 saturated heterocycles. The maximum absolute atomic E-state index is 13.0. The van der Waals surface area contributed by atoms with Gasteiger partial charge in [-0.25, -0.2) is 14.6 Å². The number of para-hydroxylation sites is 1. The van der Waals surface area contributed by atoms with E-state index in [4.69, 9.17) is 14.9 Å². The second-order valence-electron chi connectivity index (χ2n) is 10.9. The van der Waals surface area contributed by atoms with Crippen LogP contribution in [0.15, 0.2) is 60.7 Å². The minimum atomic E-state index is -1.26. The first-order valence-corrected chi connectivity index (χ1v) is 14.1. The van der Waals surface area contributed by atoms with Crippen molar-refractivity contribution in [3.63, 3.8) is 0 Å². The maximum Gasteiger partial charge on any atom is 0.328 e. The molecule has 0 atom stereocenters. The van der Waals surface area contributed by atoms with Crippen LogP contribution in [0.25, 0.3) is 10.9 Å². The summed E-state index contributed by atoms with van der Waals surface area (Å²) in [4.78, 5) is 53.3. The Bertz CT molecular complexity index is 1540. The number of carboxylic acids is 2. The first-order chi connectivity index (χ1) is 20.5. The SMILES string of the molecule is Cc1ccc(OCCCN2CCN(C(=O)c3ccc4ccccc4n3)CC2)c2c1NC(=O)C2(C)C.O=C(O)/C=C\C(=O)O. The van der Waals surface area contributed by atoms with Crippen LogP contribution >= 0.6 is 0 Å². The van der Waals surface area contributed by atoms with E-state index in [9.17, 15) is 19.2 Å². The monoisotopic (exact) mass is 588 g/mol. The molecule has 0 bridgehead atoms. The molecular weight excluding hydrogens is 552 g/mol. The van der Waals surface area contributed by atoms with Gasteiger partial charge in [0.05, 0.1) is 23.2 Å². The summed E-state index contributed by atoms with van der Waals surface area (Å²) in [6.07, 6.45) is 2.00. The number of hydrogen-bond acceptors (Lipinski definition) is 7. The predicted molar refractivity (Wildman–Crippen MR) is 161 cm³/mol. The van der Waals surface area contributed by atoms with Crippen molar-refractivity contribution in [3.05, 3.63) is 77.5 Å². The molecule has 2 aromatic carbocycles. The van der Waals surface area contributed by atoms with Gasteiger partial charge in [-0.15, -0.1) is 0 Å². The molecule has 2 aliphatic heterocycles. The number of nitrogens with zero attached hydrogens (tertiary/aromatic N) is 3. The molecule has 11 heteroatoms. The van der Waals surface area contributed by atoms with E-state index in [2.05, 4.69) is 15.2 Å². The Labute approximate surface area is 249 Å². The maximum atomic E-state index is 13.0. The Morgan fingerprint density at radius 1 is 0.977 bits per heavy atom. The van der Waals surface area contributed by atoms with Crippen molar-refractivity contribution in [2.75, 3.05) is 44.6 Å². The van der Waals surface area contributed by atoms with Crippen molar-refractivity contribution in [1.82, 2.24) is 14.8 Å². The first kappa shape index (κ1) is 31.2. The standard InChI is InChI=1S/C28H32N4O3.C4H4O4/c1-19-9-12-23(24-25(19)30-27(34)28(24,2)3)35-18-6-13-31-14-16-32(17-15-31)26(33)22-11-10-20-7-4-5-8-21(20)29-22;5-3(6)1-2-4(7)8/h4-5,7-12H,6,13-18H2,1-3H3,(H,30,34);1-2H,(H,5,6)(H,7,8)/b;2-1-. The van der Waals surface area contributed by atoms with Crippen molar-refractivity contribution in [1.29, 1.82) is 0 Å². The summed E-state index contributed by atoms with van der Waals surface area (Å²) in [5.74, 6) is -1.72. The van der Waals surface area contributed by atoms with E-state index in [0.29, 0.717) is 37.5 Å². The summed E-state index contributed by atoms with van der Waals surface area (Å²) in [5.41, 5.74) is 3.65. The number of anilines is 1. The lowest BCUT2D eigenvalue weighted by Gasteiger charge is -2.34. The average Bonchev–Trinajstić information content (AvgIpc) is 3.24. The third kappa shape index (κ3) is 7.55. The van der Waals surface area contributed by atoms with E-state index < -0.39 is 17.4 Å². The molecule has 2 aliphatic rings. The fraction of sp³-hybridized carbons (Fsp3) is 0.344. The molecule has 226 valence electrons. The molecule has 0 aliphatic carbocycles. The van der Waals surface area contributed by atoms with Crippen LogP contribution in [0.3, 0.4) is 0 Å². The number of piperazine rings is 1. The lowest BCUT2D eigenvalue weighted by atomic mass is 9.85. The van der Waals surface area contributed by atoms with Gasteiger partial charge in [-0.3, -0.25) is 14.5 Å². The molecule has 3 N–H and O–H groups in total. The predicted octanol–water partition coefficient (Wildman–Crippen LogP) is 3.71. The van der Waals surface area contributed by atoms with Crippen molar-refractivity contribution in [3.8, 4) is 5.75 Å². The molecule has 0 unspecified atom stereocenters. The molecule has 3 heterocycles. The minimum Gasteiger partial charge on any atom is -0.493 e. The number of aliphatic carboxylic acids is 2. The molecule has 11 nitrogen and oxygen atoms in total. The number of carbonyl (C=O) groups is 4. The van der Waals surface area contributed by atoms with E-state index >= 15 is 0 Å². The van der Waals surface area contributed by atoms with Crippen molar-refractivity contribution in [2.45, 2.75) is 32.6 Å². The van der Waals surface area contributed by atoms with E-state index in [1.165, 1.54) is 0 Å². The van der Waals surface area contributed by atoms with Crippen molar-refractivity contribution in [2.24, 2.45) is 0 Å². The van der Waals surface area contributed by atoms with Gasteiger partial charge in [0, 0.05) is 55.8 Å². The minimum absolute atomic E-state index is 0.00210. The number of hydrogen-bond donors (Lipinski definition) is 3. The van der Waals surface area contributed by atoms with Crippen molar-refractivity contribution < 1.29 is 34.1 Å². The number of pyridine rings is 1. The normalized spacial score (nSPS) is 15.9. The summed E-state index contributed by atoms with van der Waals surface area (Å²) in [5, 5.41) is 19.7. The highest BCUT2D eigenvalue weighted by molar-refractivity contribution is 6.07. The number of carboxylic acid groups (broad SMARTS) is 2. The van der Waals surface area contributed by atoms with Gasteiger partial charge >= 0.3 is 11.9 Å². The quantitative estimate of drug-likeness (QED) is 0.264. The van der Waals surface area contributed by atoms with Gasteiger partial charge in [0.15, 0.2) is 0 Å². The molecule has 0 spiro atoms. The number of ether oxygens (including phenoxy) is 1. The van der Waals surface area contributed by atoms with Crippen LogP contribution in [-0.2, 0) is 19.8 Å². The van der Waals surface area contributed by atoms with Gasteiger partial charge in [-0.05, 0) is 51.0 Å². The largest absolute Gasteiger partial charge is 0.493 e. The van der Waals surface area contributed by atoms with Gasteiger partial charge in [0.25, 0.3) is 5.91 Å². The number of rotatable bonds is 8. The van der Waals surface area contributed by atoms with Crippen LogP contribution in [0.2, 0.25) is 0 Å². The molecule has 1 fully saturated rings.